The zero-order valence-electron chi connectivity index (χ0n) is 15.5. The van der Waals surface area contributed by atoms with Crippen molar-refractivity contribution >= 4 is 23.1 Å². The zero-order chi connectivity index (χ0) is 22.6. The van der Waals surface area contributed by atoms with Gasteiger partial charge in [-0.05, 0) is 13.0 Å². The van der Waals surface area contributed by atoms with E-state index in [4.69, 9.17) is 5.26 Å². The lowest BCUT2D eigenvalue weighted by molar-refractivity contribution is -0.181. The number of halogens is 5. The van der Waals surface area contributed by atoms with Gasteiger partial charge in [0.2, 0.25) is 0 Å². The van der Waals surface area contributed by atoms with Gasteiger partial charge < -0.3 is 5.32 Å². The quantitative estimate of drug-likeness (QED) is 0.615. The molecular formula is C17H11F5N8O. The molecule has 2 amide bonds. The first kappa shape index (κ1) is 20.4. The molecule has 14 heteroatoms. The van der Waals surface area contributed by atoms with Gasteiger partial charge in [0.1, 0.15) is 17.2 Å². The lowest BCUT2D eigenvalue weighted by Gasteiger charge is -2.28. The summed E-state index contributed by atoms with van der Waals surface area (Å²) in [5.41, 5.74) is -4.11. The summed E-state index contributed by atoms with van der Waals surface area (Å²) in [7, 11) is 0. The number of amides is 2. The lowest BCUT2D eigenvalue weighted by Crippen LogP contribution is -2.46. The second-order valence-corrected chi connectivity index (χ2v) is 6.92. The summed E-state index contributed by atoms with van der Waals surface area (Å²) in [4.78, 5) is 17.5. The maximum absolute atomic E-state index is 14.1. The van der Waals surface area contributed by atoms with Crippen LogP contribution in [-0.4, -0.2) is 43.5 Å². The fourth-order valence-electron chi connectivity index (χ4n) is 3.32. The molecule has 9 nitrogen and oxygen atoms in total. The Morgan fingerprint density at radius 2 is 2.06 bits per heavy atom. The predicted octanol–water partition coefficient (Wildman–Crippen LogP) is 3.20. The van der Waals surface area contributed by atoms with Gasteiger partial charge in [0.15, 0.2) is 11.3 Å². The molecule has 0 spiro atoms. The number of fused-ring (bicyclic) bond motifs is 3. The van der Waals surface area contributed by atoms with E-state index in [1.165, 1.54) is 6.07 Å². The SMILES string of the molecule is C[C@@]1(C(F)(F)F)CN(C(=O)Nc2cnnc(C(F)F)c2)c2cnc3cc(C#N)nn3c21. The average molecular weight is 438 g/mol. The summed E-state index contributed by atoms with van der Waals surface area (Å²) in [5, 5.41) is 21.7. The van der Waals surface area contributed by atoms with Gasteiger partial charge >= 0.3 is 12.2 Å². The molecule has 4 rings (SSSR count). The molecule has 1 aliphatic heterocycles. The minimum Gasteiger partial charge on any atom is -0.306 e. The zero-order valence-corrected chi connectivity index (χ0v) is 15.5. The van der Waals surface area contributed by atoms with Gasteiger partial charge in [0.25, 0.3) is 6.43 Å². The van der Waals surface area contributed by atoms with E-state index in [0.717, 1.165) is 34.8 Å². The number of carbonyl (C=O) groups is 1. The molecule has 4 heterocycles. The number of urea groups is 1. The van der Waals surface area contributed by atoms with Crippen LogP contribution in [0.2, 0.25) is 0 Å². The highest BCUT2D eigenvalue weighted by Crippen LogP contribution is 2.49. The second kappa shape index (κ2) is 6.83. The van der Waals surface area contributed by atoms with Crippen molar-refractivity contribution < 1.29 is 26.7 Å². The number of alkyl halides is 5. The van der Waals surface area contributed by atoms with Crippen molar-refractivity contribution in [1.82, 2.24) is 24.8 Å². The Labute approximate surface area is 170 Å². The van der Waals surface area contributed by atoms with E-state index in [0.29, 0.717) is 0 Å². The molecule has 3 aromatic heterocycles. The lowest BCUT2D eigenvalue weighted by atomic mass is 9.88. The third kappa shape index (κ3) is 3.18. The summed E-state index contributed by atoms with van der Waals surface area (Å²) in [6.07, 6.45) is -5.68. The summed E-state index contributed by atoms with van der Waals surface area (Å²) >= 11 is 0. The van der Waals surface area contributed by atoms with E-state index >= 15 is 0 Å². The van der Waals surface area contributed by atoms with Gasteiger partial charge in [-0.2, -0.15) is 28.6 Å². The fraction of sp³-hybridized carbons (Fsp3) is 0.294. The smallest absolute Gasteiger partial charge is 0.306 e. The highest BCUT2D eigenvalue weighted by atomic mass is 19.4. The van der Waals surface area contributed by atoms with Crippen molar-refractivity contribution in [2.45, 2.75) is 24.9 Å². The number of rotatable bonds is 2. The molecule has 0 aliphatic carbocycles. The Hall–Kier alpha value is -3.89. The third-order valence-electron chi connectivity index (χ3n) is 4.89. The number of nitrogens with zero attached hydrogens (tertiary/aromatic N) is 7. The molecule has 0 saturated heterocycles. The molecule has 0 aromatic carbocycles. The van der Waals surface area contributed by atoms with Crippen LogP contribution in [0, 0.1) is 11.3 Å². The van der Waals surface area contributed by atoms with Crippen molar-refractivity contribution in [3.05, 3.63) is 41.6 Å². The molecule has 0 fully saturated rings. The first-order valence-corrected chi connectivity index (χ1v) is 8.60. The Bertz CT molecular complexity index is 1230. The number of anilines is 2. The van der Waals surface area contributed by atoms with Gasteiger partial charge in [-0.25, -0.2) is 23.1 Å². The summed E-state index contributed by atoms with van der Waals surface area (Å²) in [5.74, 6) is 0. The first-order chi connectivity index (χ1) is 14.5. The standard InChI is InChI=1S/C17H11F5N8O/c1-16(17(20,21)22)7-29(15(31)26-9-2-10(14(18)19)27-25-5-9)11-6-24-12-3-8(4-23)28-30(12)13(11)16/h2-3,5-6,14H,7H2,1H3,(H,26,27,31)/t16-/m1/s1. The number of aromatic nitrogens is 5. The average Bonchev–Trinajstić information content (AvgIpc) is 3.27. The molecule has 0 unspecified atom stereocenters. The minimum atomic E-state index is -4.79. The Kier molecular flexibility index (Phi) is 4.49. The number of nitrogens with one attached hydrogen (secondary N) is 1. The number of nitriles is 1. The van der Waals surface area contributed by atoms with Crippen LogP contribution < -0.4 is 10.2 Å². The summed E-state index contributed by atoms with van der Waals surface area (Å²) in [6.45, 7) is 0.0790. The van der Waals surface area contributed by atoms with E-state index < -0.39 is 36.3 Å². The van der Waals surface area contributed by atoms with E-state index in [1.54, 1.807) is 6.07 Å². The van der Waals surface area contributed by atoms with E-state index in [2.05, 4.69) is 25.6 Å². The fourth-order valence-corrected chi connectivity index (χ4v) is 3.32. The maximum atomic E-state index is 14.1. The summed E-state index contributed by atoms with van der Waals surface area (Å²) in [6, 6.07) is 2.80. The van der Waals surface area contributed by atoms with Gasteiger partial charge in [0, 0.05) is 12.6 Å². The largest absolute Gasteiger partial charge is 0.401 e. The van der Waals surface area contributed by atoms with Crippen molar-refractivity contribution in [3.63, 3.8) is 0 Å². The van der Waals surface area contributed by atoms with Crippen LogP contribution in [0.3, 0.4) is 0 Å². The number of hydrogen-bond donors (Lipinski definition) is 1. The normalized spacial score (nSPS) is 18.3. The van der Waals surface area contributed by atoms with E-state index in [9.17, 15) is 26.7 Å². The molecular weight excluding hydrogens is 427 g/mol. The Balaban J connectivity index is 1.79. The maximum Gasteiger partial charge on any atom is 0.401 e. The van der Waals surface area contributed by atoms with Crippen molar-refractivity contribution in [2.24, 2.45) is 0 Å². The van der Waals surface area contributed by atoms with Gasteiger partial charge in [-0.3, -0.25) is 4.90 Å². The van der Waals surface area contributed by atoms with Crippen molar-refractivity contribution in [3.8, 4) is 6.07 Å². The van der Waals surface area contributed by atoms with E-state index in [-0.39, 0.29) is 28.4 Å². The molecule has 1 atom stereocenters. The molecule has 3 aromatic rings. The molecule has 1 aliphatic rings. The third-order valence-corrected chi connectivity index (χ3v) is 4.89. The molecule has 31 heavy (non-hydrogen) atoms. The topological polar surface area (TPSA) is 112 Å². The van der Waals surface area contributed by atoms with Crippen molar-refractivity contribution in [1.29, 1.82) is 5.26 Å². The van der Waals surface area contributed by atoms with Gasteiger partial charge in [-0.1, -0.05) is 0 Å². The Morgan fingerprint density at radius 1 is 1.32 bits per heavy atom. The van der Waals surface area contributed by atoms with E-state index in [1.807, 2.05) is 0 Å². The van der Waals surface area contributed by atoms with Crippen molar-refractivity contribution in [2.75, 3.05) is 16.8 Å². The molecule has 160 valence electrons. The van der Waals surface area contributed by atoms with Crippen LogP contribution in [0.15, 0.2) is 24.5 Å². The highest BCUT2D eigenvalue weighted by molar-refractivity contribution is 6.03. The minimum absolute atomic E-state index is 0.00735. The second-order valence-electron chi connectivity index (χ2n) is 6.92. The molecule has 0 bridgehead atoms. The van der Waals surface area contributed by atoms with Crippen LogP contribution in [0.25, 0.3) is 5.65 Å². The summed E-state index contributed by atoms with van der Waals surface area (Å²) < 4.78 is 68.7. The van der Waals surface area contributed by atoms with Crippen LogP contribution in [0.1, 0.15) is 30.4 Å². The number of carbonyl (C=O) groups excluding carboxylic acids is 1. The number of hydrogen-bond acceptors (Lipinski definition) is 6. The molecule has 0 radical (unpaired) electrons. The van der Waals surface area contributed by atoms with Crippen LogP contribution in [0.4, 0.5) is 38.1 Å². The Morgan fingerprint density at radius 3 is 2.71 bits per heavy atom. The van der Waals surface area contributed by atoms with Crippen LogP contribution >= 0.6 is 0 Å². The molecule has 0 saturated carbocycles. The predicted molar refractivity (Wildman–Crippen MR) is 94.5 cm³/mol. The van der Waals surface area contributed by atoms with Gasteiger partial charge in [0.05, 0.1) is 29.5 Å². The highest BCUT2D eigenvalue weighted by Gasteiger charge is 2.60. The van der Waals surface area contributed by atoms with Crippen LogP contribution in [-0.2, 0) is 5.41 Å². The molecule has 1 N–H and O–H groups in total. The van der Waals surface area contributed by atoms with Crippen LogP contribution in [0.5, 0.6) is 0 Å². The first-order valence-electron chi connectivity index (χ1n) is 8.60. The monoisotopic (exact) mass is 438 g/mol. The van der Waals surface area contributed by atoms with Gasteiger partial charge in [-0.15, -0.1) is 5.10 Å².